The molecule has 0 unspecified atom stereocenters. The Morgan fingerprint density at radius 1 is 1.12 bits per heavy atom. The van der Waals surface area contributed by atoms with E-state index in [0.717, 1.165) is 23.1 Å². The highest BCUT2D eigenvalue weighted by Gasteiger charge is 2.05. The molecule has 0 aliphatic rings. The number of hydrogen-bond acceptors (Lipinski definition) is 1. The van der Waals surface area contributed by atoms with Gasteiger partial charge in [-0.05, 0) is 40.8 Å². The van der Waals surface area contributed by atoms with E-state index in [1.54, 1.807) is 6.07 Å². The van der Waals surface area contributed by atoms with Crippen LogP contribution < -0.4 is 5.73 Å². The van der Waals surface area contributed by atoms with Crippen LogP contribution in [0.25, 0.3) is 11.1 Å². The van der Waals surface area contributed by atoms with Crippen LogP contribution in [0.5, 0.6) is 0 Å². The van der Waals surface area contributed by atoms with Gasteiger partial charge in [0.05, 0.1) is 0 Å². The van der Waals surface area contributed by atoms with E-state index in [9.17, 15) is 4.39 Å². The van der Waals surface area contributed by atoms with Crippen molar-refractivity contribution in [3.63, 3.8) is 0 Å². The Morgan fingerprint density at radius 2 is 1.94 bits per heavy atom. The molecule has 2 aromatic carbocycles. The number of nitrogens with two attached hydrogens (primary N) is 1. The largest absolute Gasteiger partial charge is 0.326 e. The van der Waals surface area contributed by atoms with Gasteiger partial charge in [-0.2, -0.15) is 0 Å². The van der Waals surface area contributed by atoms with Crippen molar-refractivity contribution in [3.8, 4) is 11.1 Å². The molecule has 0 aliphatic carbocycles. The van der Waals surface area contributed by atoms with Crippen molar-refractivity contribution in [2.24, 2.45) is 5.73 Å². The summed E-state index contributed by atoms with van der Waals surface area (Å²) >= 11 is 0. The van der Waals surface area contributed by atoms with Crippen molar-refractivity contribution in [3.05, 3.63) is 59.4 Å². The fourth-order valence-electron chi connectivity index (χ4n) is 1.97. The maximum absolute atomic E-state index is 13.1. The summed E-state index contributed by atoms with van der Waals surface area (Å²) in [4.78, 5) is 0. The Bertz CT molecular complexity index is 520. The number of rotatable bonds is 3. The summed E-state index contributed by atoms with van der Waals surface area (Å²) < 4.78 is 13.1. The Labute approximate surface area is 101 Å². The number of benzene rings is 2. The zero-order valence-corrected chi connectivity index (χ0v) is 9.91. The van der Waals surface area contributed by atoms with E-state index in [-0.39, 0.29) is 5.82 Å². The van der Waals surface area contributed by atoms with Gasteiger partial charge in [-0.25, -0.2) is 4.39 Å². The van der Waals surface area contributed by atoms with Crippen LogP contribution >= 0.6 is 0 Å². The Morgan fingerprint density at radius 3 is 2.65 bits per heavy atom. The highest BCUT2D eigenvalue weighted by atomic mass is 19.1. The van der Waals surface area contributed by atoms with E-state index < -0.39 is 0 Å². The van der Waals surface area contributed by atoms with Gasteiger partial charge in [0.2, 0.25) is 0 Å². The first-order valence-corrected chi connectivity index (χ1v) is 5.82. The summed E-state index contributed by atoms with van der Waals surface area (Å²) in [5.74, 6) is -0.235. The Hall–Kier alpha value is -1.67. The molecule has 88 valence electrons. The molecule has 0 saturated heterocycles. The van der Waals surface area contributed by atoms with Crippen LogP contribution in [0.2, 0.25) is 0 Å². The van der Waals surface area contributed by atoms with E-state index >= 15 is 0 Å². The maximum atomic E-state index is 13.1. The van der Waals surface area contributed by atoms with Crippen molar-refractivity contribution in [1.29, 1.82) is 0 Å². The van der Waals surface area contributed by atoms with Gasteiger partial charge in [-0.15, -0.1) is 0 Å². The van der Waals surface area contributed by atoms with Gasteiger partial charge >= 0.3 is 0 Å². The van der Waals surface area contributed by atoms with Crippen molar-refractivity contribution in [2.75, 3.05) is 0 Å². The lowest BCUT2D eigenvalue weighted by molar-refractivity contribution is 0.625. The molecule has 0 saturated carbocycles. The second-order valence-corrected chi connectivity index (χ2v) is 4.06. The zero-order chi connectivity index (χ0) is 12.3. The third kappa shape index (κ3) is 2.53. The minimum absolute atomic E-state index is 0.235. The normalized spacial score (nSPS) is 10.5. The van der Waals surface area contributed by atoms with Crippen LogP contribution in [-0.4, -0.2) is 0 Å². The number of halogens is 1. The maximum Gasteiger partial charge on any atom is 0.123 e. The summed E-state index contributed by atoms with van der Waals surface area (Å²) in [5.41, 5.74) is 9.90. The van der Waals surface area contributed by atoms with E-state index in [4.69, 9.17) is 5.73 Å². The minimum Gasteiger partial charge on any atom is -0.326 e. The molecular weight excluding hydrogens is 213 g/mol. The van der Waals surface area contributed by atoms with E-state index in [2.05, 4.69) is 19.1 Å². The summed E-state index contributed by atoms with van der Waals surface area (Å²) in [6.07, 6.45) is 0.993. The molecule has 1 nitrogen and oxygen atoms in total. The third-order valence-electron chi connectivity index (χ3n) is 2.93. The molecular formula is C15H16FN. The highest BCUT2D eigenvalue weighted by Crippen LogP contribution is 2.25. The summed E-state index contributed by atoms with van der Waals surface area (Å²) in [7, 11) is 0. The molecule has 17 heavy (non-hydrogen) atoms. The van der Waals surface area contributed by atoms with Crippen molar-refractivity contribution in [2.45, 2.75) is 19.9 Å². The van der Waals surface area contributed by atoms with Gasteiger partial charge in [0, 0.05) is 6.54 Å². The van der Waals surface area contributed by atoms with E-state index in [1.165, 1.54) is 17.7 Å². The standard InChI is InChI=1S/C15H16FN/c1-2-11-4-3-5-12(8-11)15-7-6-14(16)9-13(15)10-17/h3-9H,2,10,17H2,1H3. The molecule has 0 atom stereocenters. The molecule has 0 aliphatic heterocycles. The van der Waals surface area contributed by atoms with Gasteiger partial charge in [0.15, 0.2) is 0 Å². The first-order valence-electron chi connectivity index (χ1n) is 5.82. The number of hydrogen-bond donors (Lipinski definition) is 1. The zero-order valence-electron chi connectivity index (χ0n) is 9.91. The smallest absolute Gasteiger partial charge is 0.123 e. The van der Waals surface area contributed by atoms with Crippen LogP contribution in [0.1, 0.15) is 18.1 Å². The minimum atomic E-state index is -0.235. The molecule has 2 heteroatoms. The topological polar surface area (TPSA) is 26.0 Å². The molecule has 0 fully saturated rings. The van der Waals surface area contributed by atoms with Crippen LogP contribution in [0.15, 0.2) is 42.5 Å². The Balaban J connectivity index is 2.51. The van der Waals surface area contributed by atoms with Crippen LogP contribution in [0.3, 0.4) is 0 Å². The molecule has 0 heterocycles. The lowest BCUT2D eigenvalue weighted by Crippen LogP contribution is -2.00. The third-order valence-corrected chi connectivity index (χ3v) is 2.93. The Kier molecular flexibility index (Phi) is 3.55. The van der Waals surface area contributed by atoms with Gasteiger partial charge in [-0.1, -0.05) is 37.3 Å². The summed E-state index contributed by atoms with van der Waals surface area (Å²) in [5, 5.41) is 0. The molecule has 0 amide bonds. The monoisotopic (exact) mass is 229 g/mol. The first-order chi connectivity index (χ1) is 8.24. The van der Waals surface area contributed by atoms with Crippen molar-refractivity contribution in [1.82, 2.24) is 0 Å². The predicted molar refractivity (Wildman–Crippen MR) is 69.1 cm³/mol. The molecule has 2 rings (SSSR count). The van der Waals surface area contributed by atoms with Gasteiger partial charge in [0.25, 0.3) is 0 Å². The van der Waals surface area contributed by atoms with Gasteiger partial charge < -0.3 is 5.73 Å². The SMILES string of the molecule is CCc1cccc(-c2ccc(F)cc2CN)c1. The fourth-order valence-corrected chi connectivity index (χ4v) is 1.97. The molecule has 2 aromatic rings. The summed E-state index contributed by atoms with van der Waals surface area (Å²) in [6.45, 7) is 2.47. The van der Waals surface area contributed by atoms with Crippen LogP contribution in [-0.2, 0) is 13.0 Å². The average molecular weight is 229 g/mol. The average Bonchev–Trinajstić information content (AvgIpc) is 2.38. The second-order valence-electron chi connectivity index (χ2n) is 4.06. The fraction of sp³-hybridized carbons (Fsp3) is 0.200. The van der Waals surface area contributed by atoms with Gasteiger partial charge in [0.1, 0.15) is 5.82 Å². The van der Waals surface area contributed by atoms with Crippen LogP contribution in [0.4, 0.5) is 4.39 Å². The predicted octanol–water partition coefficient (Wildman–Crippen LogP) is 3.51. The van der Waals surface area contributed by atoms with E-state index in [0.29, 0.717) is 6.54 Å². The van der Waals surface area contributed by atoms with Crippen molar-refractivity contribution < 1.29 is 4.39 Å². The van der Waals surface area contributed by atoms with Gasteiger partial charge in [-0.3, -0.25) is 0 Å². The molecule has 0 bridgehead atoms. The first kappa shape index (κ1) is 11.8. The highest BCUT2D eigenvalue weighted by molar-refractivity contribution is 5.68. The lowest BCUT2D eigenvalue weighted by Gasteiger charge is -2.09. The summed E-state index contributed by atoms with van der Waals surface area (Å²) in [6, 6.07) is 13.1. The lowest BCUT2D eigenvalue weighted by atomic mass is 9.97. The quantitative estimate of drug-likeness (QED) is 0.856. The molecule has 0 radical (unpaired) electrons. The molecule has 0 aromatic heterocycles. The second kappa shape index (κ2) is 5.11. The molecule has 2 N–H and O–H groups in total. The van der Waals surface area contributed by atoms with Crippen LogP contribution in [0, 0.1) is 5.82 Å². The van der Waals surface area contributed by atoms with Crippen molar-refractivity contribution >= 4 is 0 Å². The molecule has 0 spiro atoms. The van der Waals surface area contributed by atoms with E-state index in [1.807, 2.05) is 12.1 Å². The number of aryl methyl sites for hydroxylation is 1.